The second kappa shape index (κ2) is 8.24. The molecular weight excluding hydrogens is 431 g/mol. The van der Waals surface area contributed by atoms with Crippen LogP contribution in [0, 0.1) is 28.8 Å². The fourth-order valence-electron chi connectivity index (χ4n) is 5.09. The third kappa shape index (κ3) is 3.87. The number of carbonyl (C=O) groups excluding carboxylic acids is 2. The summed E-state index contributed by atoms with van der Waals surface area (Å²) in [5.74, 6) is -4.73. The number of carbonyl (C=O) groups is 2. The minimum Gasteiger partial charge on any atom is -0.361 e. The van der Waals surface area contributed by atoms with Gasteiger partial charge in [0.15, 0.2) is 11.6 Å². The lowest BCUT2D eigenvalue weighted by molar-refractivity contribution is -0.123. The van der Waals surface area contributed by atoms with Gasteiger partial charge >= 0.3 is 0 Å². The quantitative estimate of drug-likeness (QED) is 0.567. The Morgan fingerprint density at radius 1 is 1.06 bits per heavy atom. The number of aromatic nitrogens is 1. The normalized spacial score (nSPS) is 19.1. The van der Waals surface area contributed by atoms with Gasteiger partial charge in [-0.05, 0) is 54.9 Å². The molecule has 0 bridgehead atoms. The number of halogens is 3. The number of fused-ring (bicyclic) bond motifs is 1. The first kappa shape index (κ1) is 21.6. The number of benzene rings is 2. The summed E-state index contributed by atoms with van der Waals surface area (Å²) in [5, 5.41) is 4.18. The number of para-hydroxylation sites is 1. The van der Waals surface area contributed by atoms with Crippen molar-refractivity contribution < 1.29 is 22.8 Å². The monoisotopic (exact) mass is 455 g/mol. The van der Waals surface area contributed by atoms with E-state index in [1.807, 2.05) is 24.4 Å². The summed E-state index contributed by atoms with van der Waals surface area (Å²) >= 11 is 0. The molecule has 8 heteroatoms. The van der Waals surface area contributed by atoms with E-state index in [0.29, 0.717) is 25.5 Å². The van der Waals surface area contributed by atoms with Crippen molar-refractivity contribution in [3.63, 3.8) is 0 Å². The molecule has 2 aliphatic rings. The van der Waals surface area contributed by atoms with Crippen LogP contribution in [-0.4, -0.2) is 41.3 Å². The zero-order chi connectivity index (χ0) is 23.2. The van der Waals surface area contributed by atoms with Crippen LogP contribution in [0.4, 0.5) is 13.2 Å². The predicted molar refractivity (Wildman–Crippen MR) is 117 cm³/mol. The zero-order valence-corrected chi connectivity index (χ0v) is 18.0. The molecule has 1 saturated carbocycles. The molecule has 5 rings (SSSR count). The van der Waals surface area contributed by atoms with Crippen LogP contribution in [0.3, 0.4) is 0 Å². The van der Waals surface area contributed by atoms with Gasteiger partial charge in [0.25, 0.3) is 5.91 Å². The molecule has 2 aromatic carbocycles. The average Bonchev–Trinajstić information content (AvgIpc) is 3.36. The Hall–Kier alpha value is -3.29. The number of nitrogens with zero attached hydrogens (tertiary/aromatic N) is 1. The van der Waals surface area contributed by atoms with Crippen LogP contribution in [-0.2, 0) is 11.2 Å². The van der Waals surface area contributed by atoms with E-state index in [9.17, 15) is 22.8 Å². The van der Waals surface area contributed by atoms with E-state index >= 15 is 0 Å². The van der Waals surface area contributed by atoms with Gasteiger partial charge in [-0.1, -0.05) is 18.2 Å². The van der Waals surface area contributed by atoms with Crippen LogP contribution in [0.1, 0.15) is 35.2 Å². The summed E-state index contributed by atoms with van der Waals surface area (Å²) in [4.78, 5) is 29.9. The number of likely N-dealkylation sites (tertiary alicyclic amines) is 1. The maximum Gasteiger partial charge on any atom is 0.259 e. The summed E-state index contributed by atoms with van der Waals surface area (Å²) < 4.78 is 41.4. The Labute approximate surface area is 189 Å². The molecule has 1 aliphatic heterocycles. The summed E-state index contributed by atoms with van der Waals surface area (Å²) in [5.41, 5.74) is 1.20. The Bertz CT molecular complexity index is 1230. The fraction of sp³-hybridized carbons (Fsp3) is 0.360. The Balaban J connectivity index is 1.14. The van der Waals surface area contributed by atoms with Crippen LogP contribution in [0.15, 0.2) is 42.6 Å². The van der Waals surface area contributed by atoms with Crippen molar-refractivity contribution in [2.45, 2.75) is 25.7 Å². The maximum absolute atomic E-state index is 14.0. The first-order chi connectivity index (χ1) is 15.9. The number of amides is 2. The number of aromatic amines is 1. The highest BCUT2D eigenvalue weighted by Crippen LogP contribution is 2.59. The number of piperidine rings is 1. The molecule has 5 nitrogen and oxygen atoms in total. The van der Waals surface area contributed by atoms with Crippen LogP contribution in [0.25, 0.3) is 10.9 Å². The summed E-state index contributed by atoms with van der Waals surface area (Å²) in [6.07, 6.45) is 4.60. The highest BCUT2D eigenvalue weighted by atomic mass is 19.2. The van der Waals surface area contributed by atoms with Gasteiger partial charge in [0.1, 0.15) is 11.4 Å². The van der Waals surface area contributed by atoms with E-state index in [2.05, 4.69) is 16.4 Å². The Morgan fingerprint density at radius 3 is 2.58 bits per heavy atom. The summed E-state index contributed by atoms with van der Waals surface area (Å²) in [6, 6.07) is 9.45. The molecular formula is C25H24F3N3O2. The van der Waals surface area contributed by atoms with Gasteiger partial charge in [0.2, 0.25) is 5.91 Å². The van der Waals surface area contributed by atoms with Crippen molar-refractivity contribution in [1.29, 1.82) is 0 Å². The molecule has 3 aromatic rings. The Kier molecular flexibility index (Phi) is 5.38. The minimum absolute atomic E-state index is 0.0110. The number of nitrogens with one attached hydrogen (secondary N) is 2. The molecule has 172 valence electrons. The van der Waals surface area contributed by atoms with Gasteiger partial charge in [-0.25, -0.2) is 13.2 Å². The lowest BCUT2D eigenvalue weighted by Crippen LogP contribution is -2.41. The first-order valence-electron chi connectivity index (χ1n) is 11.2. The second-order valence-electron chi connectivity index (χ2n) is 9.03. The van der Waals surface area contributed by atoms with Gasteiger partial charge in [-0.15, -0.1) is 0 Å². The number of H-pyrrole nitrogens is 1. The minimum atomic E-state index is -1.46. The van der Waals surface area contributed by atoms with Crippen LogP contribution in [0.2, 0.25) is 0 Å². The molecule has 1 spiro atoms. The van der Waals surface area contributed by atoms with E-state index in [1.165, 1.54) is 4.90 Å². The highest BCUT2D eigenvalue weighted by molar-refractivity contribution is 5.95. The lowest BCUT2D eigenvalue weighted by Gasteiger charge is -2.33. The smallest absolute Gasteiger partial charge is 0.259 e. The number of hydrogen-bond donors (Lipinski definition) is 2. The van der Waals surface area contributed by atoms with E-state index in [0.717, 1.165) is 35.4 Å². The average molecular weight is 455 g/mol. The van der Waals surface area contributed by atoms with Crippen LogP contribution in [0.5, 0.6) is 0 Å². The van der Waals surface area contributed by atoms with Crippen molar-refractivity contribution in [2.75, 3.05) is 19.6 Å². The maximum atomic E-state index is 14.0. The largest absolute Gasteiger partial charge is 0.361 e. The van der Waals surface area contributed by atoms with Gasteiger partial charge in [-0.2, -0.15) is 0 Å². The molecule has 0 unspecified atom stereocenters. The van der Waals surface area contributed by atoms with Crippen molar-refractivity contribution in [2.24, 2.45) is 11.3 Å². The SMILES string of the molecule is O=C(NCCc1c[nH]c2ccccc12)[C@H]1CC12CCN(C(=O)c1c(F)ccc(F)c1F)CC2. The molecule has 2 fully saturated rings. The Morgan fingerprint density at radius 2 is 1.79 bits per heavy atom. The van der Waals surface area contributed by atoms with Gasteiger partial charge in [0.05, 0.1) is 0 Å². The van der Waals surface area contributed by atoms with E-state index in [1.54, 1.807) is 0 Å². The van der Waals surface area contributed by atoms with E-state index < -0.39 is 28.9 Å². The molecule has 2 heterocycles. The van der Waals surface area contributed by atoms with Crippen molar-refractivity contribution >= 4 is 22.7 Å². The third-order valence-corrected chi connectivity index (χ3v) is 7.18. The third-order valence-electron chi connectivity index (χ3n) is 7.18. The molecule has 2 N–H and O–H groups in total. The fourth-order valence-corrected chi connectivity index (χ4v) is 5.09. The number of hydrogen-bond acceptors (Lipinski definition) is 2. The molecule has 0 radical (unpaired) electrons. The summed E-state index contributed by atoms with van der Waals surface area (Å²) in [7, 11) is 0. The molecule has 1 saturated heterocycles. The van der Waals surface area contributed by atoms with Crippen molar-refractivity contribution in [3.8, 4) is 0 Å². The van der Waals surface area contributed by atoms with Crippen LogP contribution < -0.4 is 5.32 Å². The lowest BCUT2D eigenvalue weighted by atomic mass is 9.90. The van der Waals surface area contributed by atoms with Gasteiger partial charge in [-0.3, -0.25) is 9.59 Å². The van der Waals surface area contributed by atoms with Crippen molar-refractivity contribution in [3.05, 3.63) is 71.2 Å². The standard InChI is InChI=1S/C25H24F3N3O2/c26-18-5-6-19(27)22(28)21(18)24(33)31-11-8-25(9-12-31)13-17(25)23(32)29-10-7-15-14-30-20-4-2-1-3-16(15)20/h1-6,14,17,30H,7-13H2,(H,29,32)/t17-/m1/s1. The first-order valence-corrected chi connectivity index (χ1v) is 11.2. The topological polar surface area (TPSA) is 65.2 Å². The molecule has 2 amide bonds. The molecule has 1 atom stereocenters. The summed E-state index contributed by atoms with van der Waals surface area (Å²) in [6.45, 7) is 1.11. The second-order valence-corrected chi connectivity index (χ2v) is 9.03. The highest BCUT2D eigenvalue weighted by Gasteiger charge is 2.58. The predicted octanol–water partition coefficient (Wildman–Crippen LogP) is 4.19. The van der Waals surface area contributed by atoms with Crippen molar-refractivity contribution in [1.82, 2.24) is 15.2 Å². The molecule has 1 aromatic heterocycles. The molecule has 33 heavy (non-hydrogen) atoms. The molecule has 1 aliphatic carbocycles. The zero-order valence-electron chi connectivity index (χ0n) is 18.0. The van der Waals surface area contributed by atoms with E-state index in [-0.39, 0.29) is 30.3 Å². The number of rotatable bonds is 5. The van der Waals surface area contributed by atoms with Gasteiger partial charge in [0, 0.05) is 42.7 Å². The van der Waals surface area contributed by atoms with Gasteiger partial charge < -0.3 is 15.2 Å². The van der Waals surface area contributed by atoms with E-state index in [4.69, 9.17) is 0 Å². The van der Waals surface area contributed by atoms with Crippen LogP contribution >= 0.6 is 0 Å².